The number of para-hydroxylation sites is 2. The van der Waals surface area contributed by atoms with Crippen LogP contribution in [0.5, 0.6) is 0 Å². The summed E-state index contributed by atoms with van der Waals surface area (Å²) in [7, 11) is 0. The molecule has 0 radical (unpaired) electrons. The van der Waals surface area contributed by atoms with Crippen LogP contribution in [0.4, 0.5) is 17.1 Å². The molecule has 0 atom stereocenters. The Kier molecular flexibility index (Phi) is 3.88. The van der Waals surface area contributed by atoms with Crippen LogP contribution in [0.25, 0.3) is 0 Å². The summed E-state index contributed by atoms with van der Waals surface area (Å²) >= 11 is 0. The summed E-state index contributed by atoms with van der Waals surface area (Å²) in [6, 6.07) is 28.1. The van der Waals surface area contributed by atoms with E-state index in [4.69, 9.17) is 11.1 Å². The minimum Gasteiger partial charge on any atom is -0.384 e. The highest BCUT2D eigenvalue weighted by molar-refractivity contribution is 5.95. The fraction of sp³-hybridized carbons (Fsp3) is 0. The average Bonchev–Trinajstić information content (AvgIpc) is 2.57. The number of nitrogens with zero attached hydrogens (tertiary/aromatic N) is 1. The van der Waals surface area contributed by atoms with Gasteiger partial charge >= 0.3 is 0 Å². The predicted molar refractivity (Wildman–Crippen MR) is 92.1 cm³/mol. The third-order valence-corrected chi connectivity index (χ3v) is 3.47. The monoisotopic (exact) mass is 287 g/mol. The summed E-state index contributed by atoms with van der Waals surface area (Å²) in [4.78, 5) is 2.17. The molecule has 0 bridgehead atoms. The number of nitrogens with one attached hydrogen (secondary N) is 1. The van der Waals surface area contributed by atoms with Gasteiger partial charge < -0.3 is 10.6 Å². The highest BCUT2D eigenvalue weighted by Gasteiger charge is 2.11. The van der Waals surface area contributed by atoms with E-state index in [0.717, 1.165) is 22.6 Å². The molecule has 108 valence electrons. The van der Waals surface area contributed by atoms with E-state index in [2.05, 4.69) is 29.2 Å². The van der Waals surface area contributed by atoms with Crippen LogP contribution in [0.1, 0.15) is 5.56 Å². The molecule has 3 aromatic carbocycles. The van der Waals surface area contributed by atoms with Gasteiger partial charge in [0.1, 0.15) is 5.84 Å². The molecule has 0 saturated heterocycles. The lowest BCUT2D eigenvalue weighted by Crippen LogP contribution is -2.12. The topological polar surface area (TPSA) is 53.1 Å². The van der Waals surface area contributed by atoms with E-state index in [1.165, 1.54) is 0 Å². The van der Waals surface area contributed by atoms with Gasteiger partial charge in [-0.05, 0) is 48.5 Å². The first-order chi connectivity index (χ1) is 10.8. The Morgan fingerprint density at radius 3 is 1.45 bits per heavy atom. The van der Waals surface area contributed by atoms with E-state index in [9.17, 15) is 0 Å². The van der Waals surface area contributed by atoms with Crippen LogP contribution in [0.2, 0.25) is 0 Å². The van der Waals surface area contributed by atoms with E-state index in [-0.39, 0.29) is 5.84 Å². The first-order valence-electron chi connectivity index (χ1n) is 7.10. The molecular weight excluding hydrogens is 270 g/mol. The van der Waals surface area contributed by atoms with Crippen molar-refractivity contribution in [2.24, 2.45) is 5.73 Å². The molecule has 0 amide bonds. The lowest BCUT2D eigenvalue weighted by Gasteiger charge is -2.25. The van der Waals surface area contributed by atoms with Crippen molar-refractivity contribution in [3.63, 3.8) is 0 Å². The minimum absolute atomic E-state index is 0.0810. The van der Waals surface area contributed by atoms with Gasteiger partial charge in [-0.3, -0.25) is 5.41 Å². The number of nitrogen functional groups attached to an aromatic ring is 1. The van der Waals surface area contributed by atoms with Gasteiger partial charge in [-0.1, -0.05) is 36.4 Å². The van der Waals surface area contributed by atoms with Crippen LogP contribution >= 0.6 is 0 Å². The third-order valence-electron chi connectivity index (χ3n) is 3.47. The molecule has 0 aromatic heterocycles. The summed E-state index contributed by atoms with van der Waals surface area (Å²) < 4.78 is 0. The van der Waals surface area contributed by atoms with Crippen molar-refractivity contribution in [1.29, 1.82) is 5.41 Å². The summed E-state index contributed by atoms with van der Waals surface area (Å²) in [6.07, 6.45) is 0. The zero-order chi connectivity index (χ0) is 15.4. The second-order valence-electron chi connectivity index (χ2n) is 4.97. The molecule has 3 heteroatoms. The number of hydrogen-bond acceptors (Lipinski definition) is 2. The molecule has 0 aliphatic carbocycles. The van der Waals surface area contributed by atoms with Crippen LogP contribution in [-0.2, 0) is 0 Å². The highest BCUT2D eigenvalue weighted by Crippen LogP contribution is 2.33. The van der Waals surface area contributed by atoms with Gasteiger partial charge in [-0.25, -0.2) is 0 Å². The first kappa shape index (κ1) is 13.9. The van der Waals surface area contributed by atoms with E-state index >= 15 is 0 Å². The fourth-order valence-electron chi connectivity index (χ4n) is 2.39. The molecule has 0 aliphatic heterocycles. The van der Waals surface area contributed by atoms with Crippen molar-refractivity contribution in [1.82, 2.24) is 0 Å². The Labute approximate surface area is 130 Å². The number of rotatable bonds is 4. The standard InChI is InChI=1S/C19H17N3/c20-19(21)15-11-13-18(14-12-15)22(16-7-3-1-4-8-16)17-9-5-2-6-10-17/h1-14H,(H3,20,21). The van der Waals surface area contributed by atoms with Crippen LogP contribution in [-0.4, -0.2) is 5.84 Å². The Morgan fingerprint density at radius 2 is 1.05 bits per heavy atom. The molecule has 0 heterocycles. The van der Waals surface area contributed by atoms with E-state index in [0.29, 0.717) is 0 Å². The molecule has 3 nitrogen and oxygen atoms in total. The second kappa shape index (κ2) is 6.14. The van der Waals surface area contributed by atoms with Crippen LogP contribution in [0.3, 0.4) is 0 Å². The minimum atomic E-state index is 0.0810. The number of nitrogens with two attached hydrogens (primary N) is 1. The zero-order valence-corrected chi connectivity index (χ0v) is 12.1. The maximum Gasteiger partial charge on any atom is 0.122 e. The lowest BCUT2D eigenvalue weighted by atomic mass is 10.1. The normalized spacial score (nSPS) is 10.2. The van der Waals surface area contributed by atoms with E-state index in [1.807, 2.05) is 60.7 Å². The number of hydrogen-bond donors (Lipinski definition) is 2. The summed E-state index contributed by atoms with van der Waals surface area (Å²) in [5.41, 5.74) is 9.46. The van der Waals surface area contributed by atoms with Gasteiger partial charge in [0.15, 0.2) is 0 Å². The van der Waals surface area contributed by atoms with Crippen molar-refractivity contribution >= 4 is 22.9 Å². The smallest absolute Gasteiger partial charge is 0.122 e. The molecule has 0 saturated carbocycles. The Hall–Kier alpha value is -3.07. The molecule has 22 heavy (non-hydrogen) atoms. The summed E-state index contributed by atoms with van der Waals surface area (Å²) in [5, 5.41) is 7.51. The quantitative estimate of drug-likeness (QED) is 0.550. The second-order valence-corrected chi connectivity index (χ2v) is 4.97. The molecule has 3 N–H and O–H groups in total. The van der Waals surface area contributed by atoms with E-state index in [1.54, 1.807) is 0 Å². The molecule has 0 spiro atoms. The number of benzene rings is 3. The molecular formula is C19H17N3. The highest BCUT2D eigenvalue weighted by atomic mass is 15.1. The van der Waals surface area contributed by atoms with Gasteiger partial charge in [0, 0.05) is 22.6 Å². The van der Waals surface area contributed by atoms with Gasteiger partial charge in [-0.2, -0.15) is 0 Å². The van der Waals surface area contributed by atoms with Crippen molar-refractivity contribution < 1.29 is 0 Å². The molecule has 3 rings (SSSR count). The maximum atomic E-state index is 7.51. The summed E-state index contributed by atoms with van der Waals surface area (Å²) in [6.45, 7) is 0. The zero-order valence-electron chi connectivity index (χ0n) is 12.1. The van der Waals surface area contributed by atoms with Crippen molar-refractivity contribution in [3.05, 3.63) is 90.5 Å². The summed E-state index contributed by atoms with van der Waals surface area (Å²) in [5.74, 6) is 0.0810. The van der Waals surface area contributed by atoms with E-state index < -0.39 is 0 Å². The average molecular weight is 287 g/mol. The number of amidine groups is 1. The molecule has 0 unspecified atom stereocenters. The van der Waals surface area contributed by atoms with Gasteiger partial charge in [0.25, 0.3) is 0 Å². The van der Waals surface area contributed by atoms with Gasteiger partial charge in [0.2, 0.25) is 0 Å². The molecule has 0 aliphatic rings. The third kappa shape index (κ3) is 2.83. The van der Waals surface area contributed by atoms with Crippen LogP contribution < -0.4 is 10.6 Å². The predicted octanol–water partition coefficient (Wildman–Crippen LogP) is 4.44. The van der Waals surface area contributed by atoms with Crippen molar-refractivity contribution in [3.8, 4) is 0 Å². The maximum absolute atomic E-state index is 7.51. The van der Waals surface area contributed by atoms with Gasteiger partial charge in [0.05, 0.1) is 0 Å². The SMILES string of the molecule is N=C(N)c1ccc(N(c2ccccc2)c2ccccc2)cc1. The fourth-order valence-corrected chi connectivity index (χ4v) is 2.39. The Bertz CT molecular complexity index is 710. The molecule has 3 aromatic rings. The van der Waals surface area contributed by atoms with Crippen LogP contribution in [0.15, 0.2) is 84.9 Å². The first-order valence-corrected chi connectivity index (χ1v) is 7.10. The Balaban J connectivity index is 2.08. The Morgan fingerprint density at radius 1 is 0.636 bits per heavy atom. The van der Waals surface area contributed by atoms with Gasteiger partial charge in [-0.15, -0.1) is 0 Å². The van der Waals surface area contributed by atoms with Crippen molar-refractivity contribution in [2.75, 3.05) is 4.90 Å². The lowest BCUT2D eigenvalue weighted by molar-refractivity contribution is 1.28. The van der Waals surface area contributed by atoms with Crippen LogP contribution in [0, 0.1) is 5.41 Å². The van der Waals surface area contributed by atoms with Crippen molar-refractivity contribution in [2.45, 2.75) is 0 Å². The molecule has 0 fully saturated rings. The largest absolute Gasteiger partial charge is 0.384 e. The number of anilines is 3.